The van der Waals surface area contributed by atoms with E-state index in [4.69, 9.17) is 4.42 Å². The van der Waals surface area contributed by atoms with Gasteiger partial charge in [-0.1, -0.05) is 24.3 Å². The fourth-order valence-electron chi connectivity index (χ4n) is 3.68. The highest BCUT2D eigenvalue weighted by Gasteiger charge is 2.27. The Kier molecular flexibility index (Phi) is 5.10. The van der Waals surface area contributed by atoms with Crippen LogP contribution in [0.4, 0.5) is 10.5 Å². The van der Waals surface area contributed by atoms with E-state index in [1.807, 2.05) is 61.2 Å². The molecule has 6 nitrogen and oxygen atoms in total. The molecule has 0 bridgehead atoms. The zero-order valence-corrected chi connectivity index (χ0v) is 16.2. The minimum atomic E-state index is -0.0565. The van der Waals surface area contributed by atoms with Crippen LogP contribution in [0.5, 0.6) is 0 Å². The summed E-state index contributed by atoms with van der Waals surface area (Å²) < 4.78 is 5.89. The maximum atomic E-state index is 12.6. The molecule has 1 aromatic heterocycles. The number of urea groups is 1. The lowest BCUT2D eigenvalue weighted by Crippen LogP contribution is -2.40. The molecular weight excluding hydrogens is 352 g/mol. The summed E-state index contributed by atoms with van der Waals surface area (Å²) in [6.07, 6.45) is 1.63. The van der Waals surface area contributed by atoms with Gasteiger partial charge in [0.25, 0.3) is 0 Å². The van der Waals surface area contributed by atoms with Gasteiger partial charge in [0.15, 0.2) is 0 Å². The van der Waals surface area contributed by atoms with Crippen molar-refractivity contribution in [3.8, 4) is 11.5 Å². The molecule has 1 aliphatic heterocycles. The summed E-state index contributed by atoms with van der Waals surface area (Å²) in [5.74, 6) is 1.40. The van der Waals surface area contributed by atoms with Crippen LogP contribution >= 0.6 is 0 Å². The van der Waals surface area contributed by atoms with Crippen molar-refractivity contribution < 1.29 is 9.21 Å². The predicted molar refractivity (Wildman–Crippen MR) is 108 cm³/mol. The van der Waals surface area contributed by atoms with Crippen molar-refractivity contribution in [2.75, 3.05) is 18.4 Å². The molecular formula is C22H24N4O2. The number of hydrogen-bond acceptors (Lipinski definition) is 4. The number of benzene rings is 2. The number of piperidine rings is 1. The van der Waals surface area contributed by atoms with E-state index in [1.165, 1.54) is 0 Å². The minimum absolute atomic E-state index is 0.0565. The highest BCUT2D eigenvalue weighted by Crippen LogP contribution is 2.29. The third kappa shape index (κ3) is 4.06. The van der Waals surface area contributed by atoms with Crippen LogP contribution in [0.25, 0.3) is 11.5 Å². The first-order valence-electron chi connectivity index (χ1n) is 9.61. The van der Waals surface area contributed by atoms with Crippen molar-refractivity contribution in [3.05, 3.63) is 65.5 Å². The van der Waals surface area contributed by atoms with Gasteiger partial charge in [-0.05, 0) is 62.1 Å². The Hall–Kier alpha value is -3.15. The van der Waals surface area contributed by atoms with Gasteiger partial charge in [0.05, 0.1) is 0 Å². The second-order valence-corrected chi connectivity index (χ2v) is 7.38. The number of carbonyl (C=O) groups is 1. The van der Waals surface area contributed by atoms with Crippen LogP contribution in [0.15, 0.2) is 52.9 Å². The fourth-order valence-corrected chi connectivity index (χ4v) is 3.68. The highest BCUT2D eigenvalue weighted by atomic mass is 16.4. The van der Waals surface area contributed by atoms with Gasteiger partial charge in [0.1, 0.15) is 0 Å². The van der Waals surface area contributed by atoms with Crippen LogP contribution in [0.3, 0.4) is 0 Å². The maximum absolute atomic E-state index is 12.6. The van der Waals surface area contributed by atoms with E-state index < -0.39 is 0 Å². The summed E-state index contributed by atoms with van der Waals surface area (Å²) in [6, 6.07) is 15.8. The van der Waals surface area contributed by atoms with Gasteiger partial charge >= 0.3 is 6.03 Å². The third-order valence-electron chi connectivity index (χ3n) is 5.07. The monoisotopic (exact) mass is 376 g/mol. The van der Waals surface area contributed by atoms with Gasteiger partial charge in [-0.25, -0.2) is 4.79 Å². The molecule has 0 atom stereocenters. The van der Waals surface area contributed by atoms with Gasteiger partial charge in [-0.15, -0.1) is 10.2 Å². The largest absolute Gasteiger partial charge is 0.420 e. The number of aryl methyl sites for hydroxylation is 2. The van der Waals surface area contributed by atoms with Crippen LogP contribution in [-0.4, -0.2) is 34.2 Å². The summed E-state index contributed by atoms with van der Waals surface area (Å²) >= 11 is 0. The summed E-state index contributed by atoms with van der Waals surface area (Å²) in [5.41, 5.74) is 4.04. The maximum Gasteiger partial charge on any atom is 0.321 e. The van der Waals surface area contributed by atoms with Crippen molar-refractivity contribution in [3.63, 3.8) is 0 Å². The van der Waals surface area contributed by atoms with E-state index >= 15 is 0 Å². The Morgan fingerprint density at radius 2 is 1.71 bits per heavy atom. The third-order valence-corrected chi connectivity index (χ3v) is 5.07. The average Bonchev–Trinajstić information content (AvgIpc) is 3.18. The van der Waals surface area contributed by atoms with E-state index in [1.54, 1.807) is 0 Å². The number of anilines is 1. The number of carbonyl (C=O) groups excluding carboxylic acids is 1. The van der Waals surface area contributed by atoms with Crippen LogP contribution < -0.4 is 5.32 Å². The number of amides is 2. The van der Waals surface area contributed by atoms with Gasteiger partial charge in [-0.3, -0.25) is 0 Å². The lowest BCUT2D eigenvalue weighted by molar-refractivity contribution is 0.190. The summed E-state index contributed by atoms with van der Waals surface area (Å²) in [6.45, 7) is 5.40. The average molecular weight is 376 g/mol. The highest BCUT2D eigenvalue weighted by molar-refractivity contribution is 5.89. The number of aromatic nitrogens is 2. The van der Waals surface area contributed by atoms with Crippen molar-refractivity contribution in [1.82, 2.24) is 15.1 Å². The zero-order chi connectivity index (χ0) is 19.5. The number of nitrogens with one attached hydrogen (secondary N) is 1. The standard InChI is InChI=1S/C22H24N4O2/c1-15-12-16(2)14-19(13-15)23-22(27)26-10-8-18(9-11-26)21-25-24-20(28-21)17-6-4-3-5-7-17/h3-7,12-14,18H,8-11H2,1-2H3,(H,23,27). The lowest BCUT2D eigenvalue weighted by atomic mass is 9.97. The zero-order valence-electron chi connectivity index (χ0n) is 16.2. The minimum Gasteiger partial charge on any atom is -0.420 e. The van der Waals surface area contributed by atoms with Gasteiger partial charge in [0.2, 0.25) is 11.8 Å². The second-order valence-electron chi connectivity index (χ2n) is 7.38. The number of hydrogen-bond donors (Lipinski definition) is 1. The molecule has 144 valence electrons. The number of likely N-dealkylation sites (tertiary alicyclic amines) is 1. The molecule has 1 N–H and O–H groups in total. The van der Waals surface area contributed by atoms with Crippen LogP contribution in [-0.2, 0) is 0 Å². The van der Waals surface area contributed by atoms with Crippen molar-refractivity contribution in [2.45, 2.75) is 32.6 Å². The summed E-state index contributed by atoms with van der Waals surface area (Å²) in [5, 5.41) is 11.4. The molecule has 28 heavy (non-hydrogen) atoms. The molecule has 2 aromatic carbocycles. The molecule has 1 aliphatic rings. The van der Waals surface area contributed by atoms with E-state index in [2.05, 4.69) is 21.6 Å². The summed E-state index contributed by atoms with van der Waals surface area (Å²) in [4.78, 5) is 14.4. The van der Waals surface area contributed by atoms with E-state index in [-0.39, 0.29) is 11.9 Å². The fraction of sp³-hybridized carbons (Fsp3) is 0.318. The first-order chi connectivity index (χ1) is 13.6. The van der Waals surface area contributed by atoms with Crippen LogP contribution in [0.2, 0.25) is 0 Å². The van der Waals surface area contributed by atoms with Crippen LogP contribution in [0.1, 0.15) is 35.8 Å². The van der Waals surface area contributed by atoms with Crippen molar-refractivity contribution >= 4 is 11.7 Å². The molecule has 0 aliphatic carbocycles. The summed E-state index contributed by atoms with van der Waals surface area (Å²) in [7, 11) is 0. The van der Waals surface area contributed by atoms with Crippen molar-refractivity contribution in [2.24, 2.45) is 0 Å². The molecule has 1 saturated heterocycles. The topological polar surface area (TPSA) is 71.3 Å². The van der Waals surface area contributed by atoms with E-state index in [0.717, 1.165) is 35.2 Å². The van der Waals surface area contributed by atoms with E-state index in [0.29, 0.717) is 24.9 Å². The molecule has 6 heteroatoms. The Morgan fingerprint density at radius 1 is 1.04 bits per heavy atom. The first-order valence-corrected chi connectivity index (χ1v) is 9.61. The molecule has 0 spiro atoms. The number of nitrogens with zero attached hydrogens (tertiary/aromatic N) is 3. The predicted octanol–water partition coefficient (Wildman–Crippen LogP) is 4.76. The first kappa shape index (κ1) is 18.2. The molecule has 2 amide bonds. The smallest absolute Gasteiger partial charge is 0.321 e. The molecule has 2 heterocycles. The van der Waals surface area contributed by atoms with E-state index in [9.17, 15) is 4.79 Å². The molecule has 4 rings (SSSR count). The second kappa shape index (κ2) is 7.84. The molecule has 3 aromatic rings. The molecule has 0 unspecified atom stereocenters. The van der Waals surface area contributed by atoms with Gasteiger partial charge in [-0.2, -0.15) is 0 Å². The Morgan fingerprint density at radius 3 is 2.39 bits per heavy atom. The van der Waals surface area contributed by atoms with Gasteiger partial charge in [0, 0.05) is 30.3 Å². The molecule has 0 saturated carbocycles. The SMILES string of the molecule is Cc1cc(C)cc(NC(=O)N2CCC(c3nnc(-c4ccccc4)o3)CC2)c1. The molecule has 0 radical (unpaired) electrons. The Labute approximate surface area is 164 Å². The normalized spacial score (nSPS) is 14.9. The Bertz CT molecular complexity index is 939. The quantitative estimate of drug-likeness (QED) is 0.715. The number of rotatable bonds is 3. The van der Waals surface area contributed by atoms with Gasteiger partial charge < -0.3 is 14.6 Å². The lowest BCUT2D eigenvalue weighted by Gasteiger charge is -2.30. The van der Waals surface area contributed by atoms with Crippen molar-refractivity contribution in [1.29, 1.82) is 0 Å². The van der Waals surface area contributed by atoms with Crippen LogP contribution in [0, 0.1) is 13.8 Å². The molecule has 1 fully saturated rings. The Balaban J connectivity index is 1.35.